The van der Waals surface area contributed by atoms with Gasteiger partial charge in [-0.05, 0) is 70.6 Å². The summed E-state index contributed by atoms with van der Waals surface area (Å²) in [6.45, 7) is 6.67. The topological polar surface area (TPSA) is 78.9 Å². The lowest BCUT2D eigenvalue weighted by Gasteiger charge is -2.18. The minimum Gasteiger partial charge on any atom is -0.462 e. The largest absolute Gasteiger partial charge is 0.462 e. The van der Waals surface area contributed by atoms with E-state index in [9.17, 15) is 14.4 Å². The molecule has 0 rings (SSSR count). The maximum Gasteiger partial charge on any atom is 0.306 e. The quantitative estimate of drug-likeness (QED) is 0.0262. The number of esters is 3. The van der Waals surface area contributed by atoms with Crippen LogP contribution in [0.2, 0.25) is 0 Å². The number of carbonyl (C=O) groups is 3. The minimum atomic E-state index is -0.772. The molecule has 394 valence electrons. The van der Waals surface area contributed by atoms with E-state index in [4.69, 9.17) is 14.2 Å². The first-order chi connectivity index (χ1) is 33.0. The van der Waals surface area contributed by atoms with Crippen LogP contribution >= 0.6 is 0 Å². The Labute approximate surface area is 417 Å². The molecule has 0 amide bonds. The molecular formula is C61H114O6. The molecule has 0 aliphatic rings. The van der Waals surface area contributed by atoms with Gasteiger partial charge in [-0.15, -0.1) is 0 Å². The van der Waals surface area contributed by atoms with Crippen molar-refractivity contribution in [2.45, 2.75) is 335 Å². The van der Waals surface area contributed by atoms with Gasteiger partial charge in [0.25, 0.3) is 0 Å². The molecule has 67 heavy (non-hydrogen) atoms. The lowest BCUT2D eigenvalue weighted by molar-refractivity contribution is -0.167. The van der Waals surface area contributed by atoms with E-state index in [-0.39, 0.29) is 31.1 Å². The zero-order chi connectivity index (χ0) is 48.6. The fourth-order valence-electron chi connectivity index (χ4n) is 8.91. The van der Waals surface area contributed by atoms with Crippen LogP contribution in [0.3, 0.4) is 0 Å². The summed E-state index contributed by atoms with van der Waals surface area (Å²) in [5.41, 5.74) is 0. The molecule has 1 unspecified atom stereocenters. The van der Waals surface area contributed by atoms with E-state index in [1.807, 2.05) is 0 Å². The van der Waals surface area contributed by atoms with Gasteiger partial charge in [-0.3, -0.25) is 14.4 Å². The number of hydrogen-bond acceptors (Lipinski definition) is 6. The monoisotopic (exact) mass is 943 g/mol. The maximum absolute atomic E-state index is 12.9. The van der Waals surface area contributed by atoms with Crippen LogP contribution in [0.25, 0.3) is 0 Å². The third kappa shape index (κ3) is 54.7. The van der Waals surface area contributed by atoms with Gasteiger partial charge >= 0.3 is 17.9 Å². The highest BCUT2D eigenvalue weighted by Crippen LogP contribution is 2.17. The predicted octanol–water partition coefficient (Wildman–Crippen LogP) is 19.9. The van der Waals surface area contributed by atoms with Crippen molar-refractivity contribution in [2.75, 3.05) is 13.2 Å². The first-order valence-corrected chi connectivity index (χ1v) is 29.8. The van der Waals surface area contributed by atoms with E-state index in [0.29, 0.717) is 19.3 Å². The van der Waals surface area contributed by atoms with Gasteiger partial charge < -0.3 is 14.2 Å². The molecule has 0 aliphatic heterocycles. The van der Waals surface area contributed by atoms with Crippen molar-refractivity contribution in [1.82, 2.24) is 0 Å². The molecule has 0 bridgehead atoms. The number of rotatable bonds is 55. The number of carbonyl (C=O) groups excluding carboxylic acids is 3. The Morgan fingerprint density at radius 1 is 0.284 bits per heavy atom. The van der Waals surface area contributed by atoms with Crippen molar-refractivity contribution in [2.24, 2.45) is 0 Å². The van der Waals surface area contributed by atoms with Gasteiger partial charge in [0.05, 0.1) is 0 Å². The van der Waals surface area contributed by atoms with Crippen LogP contribution in [-0.2, 0) is 28.6 Å². The average Bonchev–Trinajstić information content (AvgIpc) is 3.33. The summed E-state index contributed by atoms with van der Waals surface area (Å²) in [6, 6.07) is 0. The van der Waals surface area contributed by atoms with E-state index in [1.165, 1.54) is 225 Å². The molecule has 0 aromatic carbocycles. The lowest BCUT2D eigenvalue weighted by atomic mass is 10.0. The van der Waals surface area contributed by atoms with Crippen molar-refractivity contribution < 1.29 is 28.6 Å². The normalized spacial score (nSPS) is 12.1. The van der Waals surface area contributed by atoms with Crippen molar-refractivity contribution in [3.05, 3.63) is 24.3 Å². The Morgan fingerprint density at radius 2 is 0.493 bits per heavy atom. The second kappa shape index (κ2) is 56.5. The van der Waals surface area contributed by atoms with Gasteiger partial charge in [-0.2, -0.15) is 0 Å². The molecule has 0 aromatic heterocycles. The Kier molecular flexibility index (Phi) is 54.7. The molecule has 0 saturated carbocycles. The molecule has 6 nitrogen and oxygen atoms in total. The van der Waals surface area contributed by atoms with Crippen LogP contribution < -0.4 is 0 Å². The first kappa shape index (κ1) is 64.9. The van der Waals surface area contributed by atoms with E-state index in [1.54, 1.807) is 0 Å². The Bertz CT molecular complexity index is 1080. The summed E-state index contributed by atoms with van der Waals surface area (Å²) in [5.74, 6) is -0.862. The van der Waals surface area contributed by atoms with E-state index in [0.717, 1.165) is 64.2 Å². The smallest absolute Gasteiger partial charge is 0.306 e. The summed E-state index contributed by atoms with van der Waals surface area (Å²) in [7, 11) is 0. The van der Waals surface area contributed by atoms with Gasteiger partial charge in [0.15, 0.2) is 6.10 Å². The highest BCUT2D eigenvalue weighted by atomic mass is 16.6. The fraction of sp³-hybridized carbons (Fsp3) is 0.885. The van der Waals surface area contributed by atoms with Gasteiger partial charge in [0.1, 0.15) is 13.2 Å². The zero-order valence-electron chi connectivity index (χ0n) is 45.2. The van der Waals surface area contributed by atoms with Crippen LogP contribution in [0.4, 0.5) is 0 Å². The zero-order valence-corrected chi connectivity index (χ0v) is 45.2. The van der Waals surface area contributed by atoms with E-state index in [2.05, 4.69) is 45.1 Å². The molecule has 6 heteroatoms. The summed E-state index contributed by atoms with van der Waals surface area (Å²) in [4.78, 5) is 38.2. The number of allylic oxidation sites excluding steroid dienone is 4. The third-order valence-corrected chi connectivity index (χ3v) is 13.4. The molecule has 0 aromatic rings. The second-order valence-electron chi connectivity index (χ2n) is 20.3. The third-order valence-electron chi connectivity index (χ3n) is 13.4. The maximum atomic E-state index is 12.9. The Balaban J connectivity index is 4.33. The summed E-state index contributed by atoms with van der Waals surface area (Å²) in [6.07, 6.45) is 66.0. The molecule has 0 heterocycles. The molecule has 0 radical (unpaired) electrons. The van der Waals surface area contributed by atoms with E-state index < -0.39 is 6.10 Å². The molecule has 0 spiro atoms. The van der Waals surface area contributed by atoms with Crippen LogP contribution in [0.1, 0.15) is 329 Å². The Morgan fingerprint density at radius 3 is 0.746 bits per heavy atom. The molecule has 0 saturated heterocycles. The van der Waals surface area contributed by atoms with Crippen LogP contribution in [-0.4, -0.2) is 37.2 Å². The molecular weight excluding hydrogens is 829 g/mol. The SMILES string of the molecule is CCCCCCC/C=C\CCCCCCCC(=O)OCC(COC(=O)CCCCCCCCC/C=C\CCCCCCCCC)OC(=O)CCCCCCCCCCCCCCCCCCC. The lowest BCUT2D eigenvalue weighted by Crippen LogP contribution is -2.30. The second-order valence-corrected chi connectivity index (χ2v) is 20.3. The summed E-state index contributed by atoms with van der Waals surface area (Å²) >= 11 is 0. The highest BCUT2D eigenvalue weighted by Gasteiger charge is 2.19. The van der Waals surface area contributed by atoms with Gasteiger partial charge in [-0.25, -0.2) is 0 Å². The van der Waals surface area contributed by atoms with Crippen LogP contribution in [0.5, 0.6) is 0 Å². The summed E-state index contributed by atoms with van der Waals surface area (Å²) < 4.78 is 16.9. The molecule has 0 N–H and O–H groups in total. The molecule has 0 aliphatic carbocycles. The van der Waals surface area contributed by atoms with Crippen molar-refractivity contribution in [3.8, 4) is 0 Å². The van der Waals surface area contributed by atoms with Crippen molar-refractivity contribution in [1.29, 1.82) is 0 Å². The summed E-state index contributed by atoms with van der Waals surface area (Å²) in [5, 5.41) is 0. The number of ether oxygens (including phenoxy) is 3. The predicted molar refractivity (Wildman–Crippen MR) is 289 cm³/mol. The van der Waals surface area contributed by atoms with Crippen molar-refractivity contribution >= 4 is 17.9 Å². The fourth-order valence-corrected chi connectivity index (χ4v) is 8.91. The van der Waals surface area contributed by atoms with Crippen molar-refractivity contribution in [3.63, 3.8) is 0 Å². The van der Waals surface area contributed by atoms with Gasteiger partial charge in [0.2, 0.25) is 0 Å². The number of unbranched alkanes of at least 4 members (excludes halogenated alkanes) is 40. The Hall–Kier alpha value is -2.11. The van der Waals surface area contributed by atoms with Gasteiger partial charge in [-0.1, -0.05) is 263 Å². The standard InChI is InChI=1S/C61H114O6/c1-4-7-10-13-16-19-22-25-28-30-32-33-36-39-42-45-48-51-54-60(63)66-57-58(56-65-59(62)53-50-47-44-41-38-35-27-24-21-18-15-12-9-6-3)67-61(64)55-52-49-46-43-40-37-34-31-29-26-23-20-17-14-11-8-5-2/h24,27-28,30,58H,4-23,25-26,29,31-57H2,1-3H3/b27-24-,30-28-. The van der Waals surface area contributed by atoms with E-state index >= 15 is 0 Å². The molecule has 1 atom stereocenters. The van der Waals surface area contributed by atoms with Gasteiger partial charge in [0, 0.05) is 19.3 Å². The van der Waals surface area contributed by atoms with Crippen LogP contribution in [0.15, 0.2) is 24.3 Å². The number of hydrogen-bond donors (Lipinski definition) is 0. The average molecular weight is 944 g/mol. The molecule has 0 fully saturated rings. The minimum absolute atomic E-state index is 0.0717. The first-order valence-electron chi connectivity index (χ1n) is 29.8. The van der Waals surface area contributed by atoms with Crippen LogP contribution in [0, 0.1) is 0 Å². The highest BCUT2D eigenvalue weighted by molar-refractivity contribution is 5.71.